The van der Waals surface area contributed by atoms with Crippen LogP contribution in [0.15, 0.2) is 22.7 Å². The van der Waals surface area contributed by atoms with Crippen molar-refractivity contribution in [2.75, 3.05) is 11.9 Å². The van der Waals surface area contributed by atoms with E-state index in [4.69, 9.17) is 16.7 Å². The zero-order valence-electron chi connectivity index (χ0n) is 11.2. The number of carbonyl (C=O) groups is 2. The standard InChI is InChI=1S/C13H16BrClN2O3/c1-3-8(2)17(7-12(18)19)13(20)16-11-5-4-9(15)6-10(11)14/h4-6,8H,3,7H2,1-2H3,(H,16,20)(H,18,19). The third-order valence-corrected chi connectivity index (χ3v) is 3.75. The van der Waals surface area contributed by atoms with E-state index in [2.05, 4.69) is 21.2 Å². The van der Waals surface area contributed by atoms with Crippen LogP contribution in [0.1, 0.15) is 20.3 Å². The van der Waals surface area contributed by atoms with Crippen LogP contribution < -0.4 is 5.32 Å². The lowest BCUT2D eigenvalue weighted by Gasteiger charge is -2.27. The SMILES string of the molecule is CCC(C)N(CC(=O)O)C(=O)Nc1ccc(Cl)cc1Br. The molecule has 2 N–H and O–H groups in total. The molecule has 20 heavy (non-hydrogen) atoms. The molecule has 1 rings (SSSR count). The largest absolute Gasteiger partial charge is 0.480 e. The van der Waals surface area contributed by atoms with Crippen LogP contribution in [0.4, 0.5) is 10.5 Å². The molecule has 0 radical (unpaired) electrons. The lowest BCUT2D eigenvalue weighted by molar-refractivity contribution is -0.138. The summed E-state index contributed by atoms with van der Waals surface area (Å²) < 4.78 is 0.637. The van der Waals surface area contributed by atoms with Crippen LogP contribution in [-0.4, -0.2) is 34.6 Å². The van der Waals surface area contributed by atoms with Gasteiger partial charge in [-0.25, -0.2) is 4.79 Å². The van der Waals surface area contributed by atoms with Gasteiger partial charge in [0.15, 0.2) is 0 Å². The van der Waals surface area contributed by atoms with Crippen LogP contribution in [0.2, 0.25) is 5.02 Å². The number of carbonyl (C=O) groups excluding carboxylic acids is 1. The van der Waals surface area contributed by atoms with Crippen LogP contribution in [0.5, 0.6) is 0 Å². The molecule has 1 aromatic carbocycles. The molecule has 5 nitrogen and oxygen atoms in total. The summed E-state index contributed by atoms with van der Waals surface area (Å²) >= 11 is 9.12. The Morgan fingerprint density at radius 2 is 2.15 bits per heavy atom. The molecule has 2 amide bonds. The van der Waals surface area contributed by atoms with E-state index in [1.807, 2.05) is 6.92 Å². The Bertz CT molecular complexity index is 510. The van der Waals surface area contributed by atoms with Gasteiger partial charge in [0.25, 0.3) is 0 Å². The zero-order chi connectivity index (χ0) is 15.3. The average molecular weight is 364 g/mol. The second-order valence-electron chi connectivity index (χ2n) is 4.33. The summed E-state index contributed by atoms with van der Waals surface area (Å²) in [6.45, 7) is 3.36. The Balaban J connectivity index is 2.87. The molecular weight excluding hydrogens is 348 g/mol. The first-order valence-corrected chi connectivity index (χ1v) is 7.26. The quantitative estimate of drug-likeness (QED) is 0.835. The maximum Gasteiger partial charge on any atom is 0.323 e. The van der Waals surface area contributed by atoms with Gasteiger partial charge in [-0.3, -0.25) is 4.79 Å². The number of hydrogen-bond donors (Lipinski definition) is 2. The molecule has 1 aromatic rings. The highest BCUT2D eigenvalue weighted by atomic mass is 79.9. The molecule has 0 aliphatic rings. The highest BCUT2D eigenvalue weighted by molar-refractivity contribution is 9.10. The molecule has 0 bridgehead atoms. The van der Waals surface area contributed by atoms with Gasteiger partial charge in [-0.05, 0) is 47.5 Å². The van der Waals surface area contributed by atoms with E-state index in [1.165, 1.54) is 4.90 Å². The average Bonchev–Trinajstić information content (AvgIpc) is 2.38. The highest BCUT2D eigenvalue weighted by Gasteiger charge is 2.22. The van der Waals surface area contributed by atoms with E-state index in [0.717, 1.165) is 0 Å². The molecule has 1 unspecified atom stereocenters. The Hall–Kier alpha value is -1.27. The van der Waals surface area contributed by atoms with E-state index in [1.54, 1.807) is 25.1 Å². The van der Waals surface area contributed by atoms with Gasteiger partial charge >= 0.3 is 12.0 Å². The Labute approximate surface area is 131 Å². The number of amides is 2. The van der Waals surface area contributed by atoms with Crippen molar-refractivity contribution in [1.82, 2.24) is 4.90 Å². The van der Waals surface area contributed by atoms with E-state index in [0.29, 0.717) is 21.6 Å². The van der Waals surface area contributed by atoms with Gasteiger partial charge in [0.2, 0.25) is 0 Å². The van der Waals surface area contributed by atoms with Crippen molar-refractivity contribution in [3.8, 4) is 0 Å². The Morgan fingerprint density at radius 3 is 2.65 bits per heavy atom. The van der Waals surface area contributed by atoms with Crippen molar-refractivity contribution in [2.45, 2.75) is 26.3 Å². The van der Waals surface area contributed by atoms with Gasteiger partial charge in [0.1, 0.15) is 6.54 Å². The van der Waals surface area contributed by atoms with Crippen LogP contribution in [0.3, 0.4) is 0 Å². The minimum atomic E-state index is -1.05. The number of rotatable bonds is 5. The van der Waals surface area contributed by atoms with Crippen LogP contribution in [-0.2, 0) is 4.79 Å². The summed E-state index contributed by atoms with van der Waals surface area (Å²) in [6, 6.07) is 4.33. The fraction of sp³-hybridized carbons (Fsp3) is 0.385. The van der Waals surface area contributed by atoms with Crippen LogP contribution >= 0.6 is 27.5 Å². The number of benzene rings is 1. The van der Waals surface area contributed by atoms with Crippen molar-refractivity contribution < 1.29 is 14.7 Å². The second kappa shape index (κ2) is 7.50. The lowest BCUT2D eigenvalue weighted by Crippen LogP contribution is -2.44. The molecule has 0 saturated heterocycles. The van der Waals surface area contributed by atoms with Crippen LogP contribution in [0.25, 0.3) is 0 Å². The predicted molar refractivity (Wildman–Crippen MR) is 82.3 cm³/mol. The lowest BCUT2D eigenvalue weighted by atomic mass is 10.2. The van der Waals surface area contributed by atoms with Crippen molar-refractivity contribution in [3.63, 3.8) is 0 Å². The summed E-state index contributed by atoms with van der Waals surface area (Å²) in [5.74, 6) is -1.05. The monoisotopic (exact) mass is 362 g/mol. The fourth-order valence-corrected chi connectivity index (χ4v) is 2.35. The Kier molecular flexibility index (Phi) is 6.29. The van der Waals surface area contributed by atoms with Crippen molar-refractivity contribution >= 4 is 45.2 Å². The second-order valence-corrected chi connectivity index (χ2v) is 5.62. The van der Waals surface area contributed by atoms with Crippen molar-refractivity contribution in [3.05, 3.63) is 27.7 Å². The van der Waals surface area contributed by atoms with Gasteiger partial charge in [-0.15, -0.1) is 0 Å². The summed E-state index contributed by atoms with van der Waals surface area (Å²) in [5.41, 5.74) is 0.540. The number of carboxylic acids is 1. The molecule has 110 valence electrons. The first-order valence-electron chi connectivity index (χ1n) is 6.09. The normalized spacial score (nSPS) is 11.8. The minimum absolute atomic E-state index is 0.169. The zero-order valence-corrected chi connectivity index (χ0v) is 13.5. The van der Waals surface area contributed by atoms with Crippen molar-refractivity contribution in [2.24, 2.45) is 0 Å². The number of anilines is 1. The maximum atomic E-state index is 12.2. The summed E-state index contributed by atoms with van der Waals surface area (Å²) in [4.78, 5) is 24.3. The third kappa shape index (κ3) is 4.68. The number of nitrogens with one attached hydrogen (secondary N) is 1. The molecule has 0 aliphatic carbocycles. The van der Waals surface area contributed by atoms with Gasteiger partial charge in [0, 0.05) is 15.5 Å². The summed E-state index contributed by atoms with van der Waals surface area (Å²) in [7, 11) is 0. The van der Waals surface area contributed by atoms with Gasteiger partial charge in [-0.1, -0.05) is 18.5 Å². The summed E-state index contributed by atoms with van der Waals surface area (Å²) in [5, 5.41) is 12.1. The van der Waals surface area contributed by atoms with Gasteiger partial charge in [-0.2, -0.15) is 0 Å². The molecular formula is C13H16BrClN2O3. The summed E-state index contributed by atoms with van der Waals surface area (Å²) in [6.07, 6.45) is 0.669. The number of carboxylic acid groups (broad SMARTS) is 1. The van der Waals surface area contributed by atoms with Crippen LogP contribution in [0, 0.1) is 0 Å². The number of halogens is 2. The third-order valence-electron chi connectivity index (χ3n) is 2.86. The minimum Gasteiger partial charge on any atom is -0.480 e. The predicted octanol–water partition coefficient (Wildman–Crippen LogP) is 3.82. The first kappa shape index (κ1) is 16.8. The molecule has 0 fully saturated rings. The number of hydrogen-bond acceptors (Lipinski definition) is 2. The molecule has 0 spiro atoms. The molecule has 0 saturated carbocycles. The molecule has 7 heteroatoms. The smallest absolute Gasteiger partial charge is 0.323 e. The molecule has 0 aromatic heterocycles. The van der Waals surface area contributed by atoms with Crippen molar-refractivity contribution in [1.29, 1.82) is 0 Å². The number of urea groups is 1. The topological polar surface area (TPSA) is 69.6 Å². The van der Waals surface area contributed by atoms with E-state index in [-0.39, 0.29) is 12.6 Å². The van der Waals surface area contributed by atoms with Gasteiger partial charge in [0.05, 0.1) is 5.69 Å². The van der Waals surface area contributed by atoms with E-state index < -0.39 is 12.0 Å². The van der Waals surface area contributed by atoms with Gasteiger partial charge < -0.3 is 15.3 Å². The fourth-order valence-electron chi connectivity index (χ4n) is 1.57. The van der Waals surface area contributed by atoms with E-state index in [9.17, 15) is 9.59 Å². The molecule has 1 atom stereocenters. The highest BCUT2D eigenvalue weighted by Crippen LogP contribution is 2.26. The van der Waals surface area contributed by atoms with E-state index >= 15 is 0 Å². The number of aliphatic carboxylic acids is 1. The molecule has 0 heterocycles. The number of nitrogens with zero attached hydrogens (tertiary/aromatic N) is 1. The Morgan fingerprint density at radius 1 is 1.50 bits per heavy atom. The molecule has 0 aliphatic heterocycles. The first-order chi connectivity index (χ1) is 9.35. The maximum absolute atomic E-state index is 12.2.